The van der Waals surface area contributed by atoms with E-state index < -0.39 is 5.97 Å². The predicted molar refractivity (Wildman–Crippen MR) is 104 cm³/mol. The van der Waals surface area contributed by atoms with Crippen molar-refractivity contribution < 1.29 is 14.3 Å². The zero-order valence-electron chi connectivity index (χ0n) is 15.1. The number of ether oxygens (including phenoxy) is 1. The summed E-state index contributed by atoms with van der Waals surface area (Å²) in [6.07, 6.45) is 4.88. The lowest BCUT2D eigenvalue weighted by Gasteiger charge is -2.19. The Bertz CT molecular complexity index is 1030. The second-order valence-corrected chi connectivity index (χ2v) is 5.85. The summed E-state index contributed by atoms with van der Waals surface area (Å²) in [5, 5.41) is 0.737. The number of rotatable bonds is 7. The molecule has 0 unspecified atom stereocenters. The average Bonchev–Trinajstić information content (AvgIpc) is 3.04. The molecule has 0 radical (unpaired) electrons. The number of fused-ring (bicyclic) bond motifs is 3. The Morgan fingerprint density at radius 2 is 1.96 bits per heavy atom. The number of hydrogen-bond donors (Lipinski definition) is 1. The minimum Gasteiger partial charge on any atom is -0.460 e. The van der Waals surface area contributed by atoms with Crippen molar-refractivity contribution in [2.45, 2.75) is 6.92 Å². The summed E-state index contributed by atoms with van der Waals surface area (Å²) in [4.78, 5) is 37.9. The molecular weight excluding hydrogens is 344 g/mol. The number of aromatic amines is 1. The highest BCUT2D eigenvalue weighted by Gasteiger charge is 2.17. The fourth-order valence-corrected chi connectivity index (χ4v) is 2.83. The number of nitrogens with zero attached hydrogens (tertiary/aromatic N) is 3. The molecule has 0 aliphatic carbocycles. The summed E-state index contributed by atoms with van der Waals surface area (Å²) in [5.41, 5.74) is 2.56. The van der Waals surface area contributed by atoms with Crippen LogP contribution in [0.5, 0.6) is 0 Å². The number of nitrogens with one attached hydrogen (secondary N) is 1. The van der Waals surface area contributed by atoms with Crippen LogP contribution in [-0.2, 0) is 4.74 Å². The number of carbonyl (C=O) groups is 2. The Kier molecular flexibility index (Phi) is 5.30. The zero-order valence-corrected chi connectivity index (χ0v) is 15.1. The van der Waals surface area contributed by atoms with Crippen LogP contribution in [0.1, 0.15) is 27.9 Å². The van der Waals surface area contributed by atoms with E-state index in [1.807, 2.05) is 6.07 Å². The summed E-state index contributed by atoms with van der Waals surface area (Å²) < 4.78 is 4.96. The van der Waals surface area contributed by atoms with Crippen LogP contribution in [-0.4, -0.2) is 51.4 Å². The molecule has 7 nitrogen and oxygen atoms in total. The first-order valence-electron chi connectivity index (χ1n) is 8.55. The highest BCUT2D eigenvalue weighted by molar-refractivity contribution is 6.08. The Morgan fingerprint density at radius 1 is 1.22 bits per heavy atom. The highest BCUT2D eigenvalue weighted by atomic mass is 16.5. The molecule has 0 saturated heterocycles. The maximum Gasteiger partial charge on any atom is 0.376 e. The lowest BCUT2D eigenvalue weighted by molar-refractivity contribution is 0.0512. The van der Waals surface area contributed by atoms with Gasteiger partial charge in [-0.25, -0.2) is 14.8 Å². The van der Waals surface area contributed by atoms with Crippen LogP contribution >= 0.6 is 0 Å². The second kappa shape index (κ2) is 7.82. The van der Waals surface area contributed by atoms with E-state index in [0.29, 0.717) is 29.7 Å². The van der Waals surface area contributed by atoms with Gasteiger partial charge in [0.2, 0.25) is 5.82 Å². The van der Waals surface area contributed by atoms with Gasteiger partial charge in [-0.15, -0.1) is 13.2 Å². The van der Waals surface area contributed by atoms with Crippen LogP contribution in [0, 0.1) is 0 Å². The first-order valence-corrected chi connectivity index (χ1v) is 8.55. The SMILES string of the molecule is C=CCN(CC=C)C(=O)c1ccc2[nH]c3cnc(C(=O)OCC)nc3c2c1. The Hall–Kier alpha value is -3.48. The maximum atomic E-state index is 12.8. The van der Waals surface area contributed by atoms with E-state index in [1.165, 1.54) is 6.20 Å². The van der Waals surface area contributed by atoms with E-state index in [9.17, 15) is 9.59 Å². The summed E-state index contributed by atoms with van der Waals surface area (Å²) in [6.45, 7) is 10.2. The molecule has 0 aliphatic rings. The molecular formula is C20H20N4O3. The monoisotopic (exact) mass is 364 g/mol. The number of esters is 1. The van der Waals surface area contributed by atoms with Gasteiger partial charge < -0.3 is 14.6 Å². The van der Waals surface area contributed by atoms with Gasteiger partial charge in [0.25, 0.3) is 5.91 Å². The van der Waals surface area contributed by atoms with Gasteiger partial charge in [-0.2, -0.15) is 0 Å². The second-order valence-electron chi connectivity index (χ2n) is 5.85. The number of benzene rings is 1. The number of H-pyrrole nitrogens is 1. The van der Waals surface area contributed by atoms with Gasteiger partial charge in [-0.3, -0.25) is 4.79 Å². The number of aromatic nitrogens is 3. The van der Waals surface area contributed by atoms with Gasteiger partial charge >= 0.3 is 5.97 Å². The van der Waals surface area contributed by atoms with Crippen LogP contribution in [0.25, 0.3) is 21.9 Å². The normalized spacial score (nSPS) is 10.7. The molecule has 3 aromatic rings. The molecule has 2 aromatic heterocycles. The zero-order chi connectivity index (χ0) is 19.4. The summed E-state index contributed by atoms with van der Waals surface area (Å²) in [6, 6.07) is 5.32. The van der Waals surface area contributed by atoms with E-state index in [0.717, 1.165) is 10.9 Å². The van der Waals surface area contributed by atoms with Crippen molar-refractivity contribution in [3.8, 4) is 0 Å². The average molecular weight is 364 g/mol. The van der Waals surface area contributed by atoms with Crippen LogP contribution in [0.15, 0.2) is 49.7 Å². The van der Waals surface area contributed by atoms with E-state index in [-0.39, 0.29) is 18.3 Å². The number of carbonyl (C=O) groups excluding carboxylic acids is 2. The van der Waals surface area contributed by atoms with Crippen LogP contribution < -0.4 is 0 Å². The van der Waals surface area contributed by atoms with E-state index in [1.54, 1.807) is 36.1 Å². The van der Waals surface area contributed by atoms with Gasteiger partial charge in [0, 0.05) is 29.6 Å². The van der Waals surface area contributed by atoms with Crippen molar-refractivity contribution in [2.75, 3.05) is 19.7 Å². The minimum atomic E-state index is -0.580. The molecule has 3 rings (SSSR count). The van der Waals surface area contributed by atoms with Crippen molar-refractivity contribution in [3.05, 3.63) is 61.1 Å². The molecule has 0 spiro atoms. The maximum absolute atomic E-state index is 12.8. The first kappa shape index (κ1) is 18.3. The third kappa shape index (κ3) is 3.57. The van der Waals surface area contributed by atoms with Crippen molar-refractivity contribution in [1.82, 2.24) is 19.9 Å². The lowest BCUT2D eigenvalue weighted by atomic mass is 10.1. The molecule has 0 atom stereocenters. The van der Waals surface area contributed by atoms with Crippen molar-refractivity contribution in [1.29, 1.82) is 0 Å². The first-order chi connectivity index (χ1) is 13.1. The molecule has 27 heavy (non-hydrogen) atoms. The van der Waals surface area contributed by atoms with Crippen molar-refractivity contribution in [3.63, 3.8) is 0 Å². The standard InChI is InChI=1S/C20H20N4O3/c1-4-9-24(10-5-2)19(25)13-7-8-15-14(11-13)17-16(22-15)12-21-18(23-17)20(26)27-6-3/h4-5,7-8,11-12,22H,1-2,6,9-10H2,3H3. The van der Waals surface area contributed by atoms with Gasteiger partial charge in [0.05, 0.1) is 18.3 Å². The summed E-state index contributed by atoms with van der Waals surface area (Å²) in [7, 11) is 0. The molecule has 138 valence electrons. The Labute approximate surface area is 156 Å². The molecule has 1 N–H and O–H groups in total. The molecule has 0 fully saturated rings. The molecule has 2 heterocycles. The molecule has 1 aromatic carbocycles. The molecule has 0 bridgehead atoms. The Balaban J connectivity index is 2.07. The van der Waals surface area contributed by atoms with E-state index in [4.69, 9.17) is 4.74 Å². The van der Waals surface area contributed by atoms with Crippen molar-refractivity contribution >= 4 is 33.8 Å². The van der Waals surface area contributed by atoms with Gasteiger partial charge in [0.1, 0.15) is 5.52 Å². The number of hydrogen-bond acceptors (Lipinski definition) is 5. The fraction of sp³-hybridized carbons (Fsp3) is 0.200. The molecule has 0 aliphatic heterocycles. The lowest BCUT2D eigenvalue weighted by Crippen LogP contribution is -2.31. The third-order valence-electron chi connectivity index (χ3n) is 4.02. The van der Waals surface area contributed by atoms with Gasteiger partial charge in [-0.1, -0.05) is 12.2 Å². The fourth-order valence-electron chi connectivity index (χ4n) is 2.83. The van der Waals surface area contributed by atoms with E-state index in [2.05, 4.69) is 28.1 Å². The topological polar surface area (TPSA) is 88.2 Å². The smallest absolute Gasteiger partial charge is 0.376 e. The largest absolute Gasteiger partial charge is 0.460 e. The predicted octanol–water partition coefficient (Wildman–Crippen LogP) is 3.10. The third-order valence-corrected chi connectivity index (χ3v) is 4.02. The number of amides is 1. The molecule has 7 heteroatoms. The molecule has 1 amide bonds. The van der Waals surface area contributed by atoms with Gasteiger partial charge in [0.15, 0.2) is 0 Å². The Morgan fingerprint density at radius 3 is 2.63 bits per heavy atom. The van der Waals surface area contributed by atoms with Crippen LogP contribution in [0.2, 0.25) is 0 Å². The quantitative estimate of drug-likeness (QED) is 0.514. The van der Waals surface area contributed by atoms with Crippen molar-refractivity contribution in [2.24, 2.45) is 0 Å². The van der Waals surface area contributed by atoms with Crippen LogP contribution in [0.3, 0.4) is 0 Å². The highest BCUT2D eigenvalue weighted by Crippen LogP contribution is 2.25. The van der Waals surface area contributed by atoms with E-state index >= 15 is 0 Å². The summed E-state index contributed by atoms with van der Waals surface area (Å²) >= 11 is 0. The van der Waals surface area contributed by atoms with Crippen LogP contribution in [0.4, 0.5) is 0 Å². The molecule has 0 saturated carbocycles. The summed E-state index contributed by atoms with van der Waals surface area (Å²) in [5.74, 6) is -0.725. The van der Waals surface area contributed by atoms with Gasteiger partial charge in [-0.05, 0) is 25.1 Å². The minimum absolute atomic E-state index is 0.0121.